The number of benzene rings is 2. The summed E-state index contributed by atoms with van der Waals surface area (Å²) in [5.41, 5.74) is -0.721. The summed E-state index contributed by atoms with van der Waals surface area (Å²) in [6.45, 7) is 9.38. The Balaban J connectivity index is 2.23. The molecule has 0 saturated carbocycles. The van der Waals surface area contributed by atoms with E-state index in [1.807, 2.05) is 0 Å². The number of carbonyl (C=O) groups is 5. The van der Waals surface area contributed by atoms with Crippen molar-refractivity contribution in [3.63, 3.8) is 0 Å². The van der Waals surface area contributed by atoms with Crippen LogP contribution >= 0.6 is 0 Å². The lowest BCUT2D eigenvalue weighted by Crippen LogP contribution is -2.57. The number of methoxy groups -OCH3 is 1. The number of halogens is 2. The number of rotatable bonds is 12. The second-order valence-electron chi connectivity index (χ2n) is 12.4. The van der Waals surface area contributed by atoms with Gasteiger partial charge in [0.05, 0.1) is 7.11 Å². The highest BCUT2D eigenvalue weighted by molar-refractivity contribution is 5.91. The minimum absolute atomic E-state index is 0.0554. The number of hydrogen-bond acceptors (Lipinski definition) is 8. The van der Waals surface area contributed by atoms with Crippen molar-refractivity contribution < 1.29 is 47.0 Å². The van der Waals surface area contributed by atoms with Crippen LogP contribution in [0.3, 0.4) is 0 Å². The van der Waals surface area contributed by atoms with Gasteiger partial charge in [-0.1, -0.05) is 24.3 Å². The Labute approximate surface area is 266 Å². The van der Waals surface area contributed by atoms with Crippen LogP contribution in [0.2, 0.25) is 0 Å². The van der Waals surface area contributed by atoms with Crippen LogP contribution in [0.25, 0.3) is 0 Å². The number of hydrogen-bond donors (Lipinski definition) is 4. The predicted octanol–water partition coefficient (Wildman–Crippen LogP) is 3.31. The Morgan fingerprint density at radius 2 is 1.02 bits per heavy atom. The van der Waals surface area contributed by atoms with E-state index in [0.29, 0.717) is 11.1 Å². The third-order valence-electron chi connectivity index (χ3n) is 6.00. The van der Waals surface area contributed by atoms with Crippen molar-refractivity contribution in [3.05, 3.63) is 71.3 Å². The van der Waals surface area contributed by atoms with E-state index in [1.54, 1.807) is 41.5 Å². The fourth-order valence-corrected chi connectivity index (χ4v) is 3.96. The molecule has 46 heavy (non-hydrogen) atoms. The molecule has 0 aliphatic rings. The maximum absolute atomic E-state index is 13.5. The standard InChI is InChI=1S/C32H42F2N4O8/c1-31(2,3)45-29(42)37-23(16-19-8-12-21(33)13-9-19)26(39)35-18-25(28(41)44-7)36-27(40)24(38-30(43)46-32(4,5)6)17-20-10-14-22(34)15-11-20/h8-15,23-25H,16-18H2,1-7H3,(H,35,39)(H,36,40)(H,37,42)(H,38,43)/t23-,24-,25-/m0/s1. The van der Waals surface area contributed by atoms with Crippen molar-refractivity contribution in [2.45, 2.75) is 83.7 Å². The van der Waals surface area contributed by atoms with Crippen molar-refractivity contribution in [3.8, 4) is 0 Å². The third-order valence-corrected chi connectivity index (χ3v) is 6.00. The highest BCUT2D eigenvalue weighted by Crippen LogP contribution is 2.12. The van der Waals surface area contributed by atoms with Crippen LogP contribution in [0, 0.1) is 11.6 Å². The molecular weight excluding hydrogens is 606 g/mol. The summed E-state index contributed by atoms with van der Waals surface area (Å²) in [6.07, 6.45) is -1.94. The molecule has 0 aromatic heterocycles. The van der Waals surface area contributed by atoms with Gasteiger partial charge in [0, 0.05) is 19.4 Å². The van der Waals surface area contributed by atoms with Crippen LogP contribution in [0.1, 0.15) is 52.7 Å². The summed E-state index contributed by atoms with van der Waals surface area (Å²) < 4.78 is 42.3. The Morgan fingerprint density at radius 1 is 0.630 bits per heavy atom. The molecule has 2 aromatic carbocycles. The van der Waals surface area contributed by atoms with Crippen molar-refractivity contribution in [2.75, 3.05) is 13.7 Å². The van der Waals surface area contributed by atoms with Crippen molar-refractivity contribution >= 4 is 30.0 Å². The summed E-state index contributed by atoms with van der Waals surface area (Å²) in [6, 6.07) is 6.64. The second kappa shape index (κ2) is 16.5. The fourth-order valence-electron chi connectivity index (χ4n) is 3.96. The van der Waals surface area contributed by atoms with Gasteiger partial charge < -0.3 is 35.5 Å². The molecule has 0 heterocycles. The Morgan fingerprint density at radius 3 is 1.39 bits per heavy atom. The average Bonchev–Trinajstić information content (AvgIpc) is 2.94. The van der Waals surface area contributed by atoms with Crippen molar-refractivity contribution in [2.24, 2.45) is 0 Å². The van der Waals surface area contributed by atoms with Crippen LogP contribution in [0.5, 0.6) is 0 Å². The van der Waals surface area contributed by atoms with Gasteiger partial charge >= 0.3 is 18.2 Å². The van der Waals surface area contributed by atoms with E-state index in [0.717, 1.165) is 7.11 Å². The molecule has 12 nitrogen and oxygen atoms in total. The highest BCUT2D eigenvalue weighted by Gasteiger charge is 2.31. The number of ether oxygens (including phenoxy) is 3. The van der Waals surface area contributed by atoms with E-state index in [1.165, 1.54) is 48.5 Å². The van der Waals surface area contributed by atoms with Gasteiger partial charge in [0.1, 0.15) is 41.0 Å². The van der Waals surface area contributed by atoms with E-state index < -0.39 is 77.5 Å². The monoisotopic (exact) mass is 648 g/mol. The molecule has 0 radical (unpaired) electrons. The molecule has 4 amide bonds. The fraction of sp³-hybridized carbons (Fsp3) is 0.469. The van der Waals surface area contributed by atoms with Crippen molar-refractivity contribution in [1.82, 2.24) is 21.3 Å². The zero-order valence-corrected chi connectivity index (χ0v) is 27.0. The molecule has 2 aromatic rings. The lowest BCUT2D eigenvalue weighted by atomic mass is 10.0. The Hall–Kier alpha value is -4.75. The molecule has 252 valence electrons. The van der Waals surface area contributed by atoms with Crippen LogP contribution in [0.4, 0.5) is 18.4 Å². The summed E-state index contributed by atoms with van der Waals surface area (Å²) in [4.78, 5) is 64.4. The van der Waals surface area contributed by atoms with Gasteiger partial charge in [0.2, 0.25) is 11.8 Å². The van der Waals surface area contributed by atoms with Gasteiger partial charge in [0.15, 0.2) is 0 Å². The van der Waals surface area contributed by atoms with Gasteiger partial charge in [-0.3, -0.25) is 9.59 Å². The van der Waals surface area contributed by atoms with Crippen molar-refractivity contribution in [1.29, 1.82) is 0 Å². The smallest absolute Gasteiger partial charge is 0.408 e. The molecule has 0 bridgehead atoms. The largest absolute Gasteiger partial charge is 0.467 e. The number of carbonyl (C=O) groups excluding carboxylic acids is 5. The summed E-state index contributed by atoms with van der Waals surface area (Å²) in [5, 5.41) is 9.91. The van der Waals surface area contributed by atoms with E-state index >= 15 is 0 Å². The molecule has 4 N–H and O–H groups in total. The van der Waals surface area contributed by atoms with Crippen LogP contribution in [0.15, 0.2) is 48.5 Å². The summed E-state index contributed by atoms with van der Waals surface area (Å²) in [7, 11) is 1.08. The highest BCUT2D eigenvalue weighted by atomic mass is 19.1. The average molecular weight is 649 g/mol. The zero-order valence-electron chi connectivity index (χ0n) is 27.0. The molecule has 0 fully saturated rings. The van der Waals surface area contributed by atoms with Gasteiger partial charge in [-0.15, -0.1) is 0 Å². The van der Waals surface area contributed by atoms with Gasteiger partial charge in [-0.25, -0.2) is 23.2 Å². The van der Waals surface area contributed by atoms with Crippen LogP contribution in [-0.4, -0.2) is 73.0 Å². The maximum atomic E-state index is 13.5. The van der Waals surface area contributed by atoms with E-state index in [2.05, 4.69) is 21.3 Å². The molecule has 0 unspecified atom stereocenters. The van der Waals surface area contributed by atoms with Crippen LogP contribution in [-0.2, 0) is 41.4 Å². The Kier molecular flexibility index (Phi) is 13.5. The van der Waals surface area contributed by atoms with E-state index in [-0.39, 0.29) is 12.8 Å². The molecule has 14 heteroatoms. The number of alkyl carbamates (subject to hydrolysis) is 2. The SMILES string of the molecule is COC(=O)[C@H](CNC(=O)[C@H](Cc1ccc(F)cc1)NC(=O)OC(C)(C)C)NC(=O)[C@H](Cc1ccc(F)cc1)NC(=O)OC(C)(C)C. The molecule has 2 rings (SSSR count). The minimum Gasteiger partial charge on any atom is -0.467 e. The number of nitrogens with one attached hydrogen (secondary N) is 4. The van der Waals surface area contributed by atoms with E-state index in [9.17, 15) is 32.8 Å². The third kappa shape index (κ3) is 13.9. The normalized spacial score (nSPS) is 13.3. The lowest BCUT2D eigenvalue weighted by molar-refractivity contribution is -0.145. The van der Waals surface area contributed by atoms with E-state index in [4.69, 9.17) is 14.2 Å². The first-order valence-electron chi connectivity index (χ1n) is 14.5. The molecule has 0 aliphatic carbocycles. The maximum Gasteiger partial charge on any atom is 0.408 e. The minimum atomic E-state index is -1.43. The Bertz CT molecular complexity index is 1360. The predicted molar refractivity (Wildman–Crippen MR) is 163 cm³/mol. The van der Waals surface area contributed by atoms with Gasteiger partial charge in [0.25, 0.3) is 0 Å². The lowest BCUT2D eigenvalue weighted by Gasteiger charge is -2.26. The molecule has 0 spiro atoms. The number of amides is 4. The first-order valence-corrected chi connectivity index (χ1v) is 14.5. The molecular formula is C32H42F2N4O8. The van der Waals surface area contributed by atoms with Gasteiger partial charge in [-0.05, 0) is 76.9 Å². The first kappa shape index (κ1) is 37.4. The molecule has 0 saturated heterocycles. The topological polar surface area (TPSA) is 161 Å². The quantitative estimate of drug-likeness (QED) is 0.201. The molecule has 3 atom stereocenters. The van der Waals surface area contributed by atoms with Gasteiger partial charge in [-0.2, -0.15) is 0 Å². The number of esters is 1. The second-order valence-corrected chi connectivity index (χ2v) is 12.4. The summed E-state index contributed by atoms with van der Waals surface area (Å²) >= 11 is 0. The zero-order chi connectivity index (χ0) is 34.7. The molecule has 0 aliphatic heterocycles. The first-order chi connectivity index (χ1) is 21.3. The summed E-state index contributed by atoms with van der Waals surface area (Å²) in [5.74, 6) is -3.46. The van der Waals surface area contributed by atoms with Crippen LogP contribution < -0.4 is 21.3 Å².